The maximum absolute atomic E-state index is 12.2. The molecule has 1 aromatic heterocycles. The summed E-state index contributed by atoms with van der Waals surface area (Å²) >= 11 is 0. The van der Waals surface area contributed by atoms with Crippen LogP contribution in [0.5, 0.6) is 0 Å². The molecule has 2 saturated heterocycles. The smallest absolute Gasteiger partial charge is 0.225 e. The van der Waals surface area contributed by atoms with Gasteiger partial charge in [0, 0.05) is 44.0 Å². The third kappa shape index (κ3) is 4.91. The van der Waals surface area contributed by atoms with Crippen LogP contribution in [0.1, 0.15) is 50.4 Å². The van der Waals surface area contributed by atoms with Crippen molar-refractivity contribution in [3.8, 4) is 0 Å². The average molecular weight is 346 g/mol. The molecule has 0 aliphatic carbocycles. The third-order valence-electron chi connectivity index (χ3n) is 5.30. The normalized spacial score (nSPS) is 24.5. The monoisotopic (exact) mass is 346 g/mol. The van der Waals surface area contributed by atoms with Crippen molar-refractivity contribution in [2.45, 2.75) is 58.5 Å². The van der Waals surface area contributed by atoms with Crippen molar-refractivity contribution < 1.29 is 9.53 Å². The Balaban J connectivity index is 1.43. The fraction of sp³-hybridized carbons (Fsp3) is 0.737. The van der Waals surface area contributed by atoms with Gasteiger partial charge in [0.15, 0.2) is 0 Å². The van der Waals surface area contributed by atoms with Gasteiger partial charge >= 0.3 is 0 Å². The number of hydrogen-bond acceptors (Lipinski definition) is 5. The molecule has 0 aromatic carbocycles. The van der Waals surface area contributed by atoms with Crippen molar-refractivity contribution in [2.75, 3.05) is 31.1 Å². The van der Waals surface area contributed by atoms with Crippen LogP contribution in [0.25, 0.3) is 0 Å². The Morgan fingerprint density at radius 2 is 2.00 bits per heavy atom. The Bertz CT molecular complexity index is 585. The van der Waals surface area contributed by atoms with Crippen molar-refractivity contribution in [3.63, 3.8) is 0 Å². The zero-order chi connectivity index (χ0) is 17.9. The van der Waals surface area contributed by atoms with E-state index >= 15 is 0 Å². The van der Waals surface area contributed by atoms with Gasteiger partial charge in [-0.05, 0) is 58.4 Å². The SMILES string of the molecule is Cc1cc(C)nc(N2CCC(CC(=O)NC[C@]3(C)CCCO3)CC2)n1. The Kier molecular flexibility index (Phi) is 5.57. The molecule has 2 aliphatic rings. The first-order valence-electron chi connectivity index (χ1n) is 9.41. The first kappa shape index (κ1) is 18.1. The predicted molar refractivity (Wildman–Crippen MR) is 97.7 cm³/mol. The van der Waals surface area contributed by atoms with E-state index in [0.717, 1.165) is 62.7 Å². The van der Waals surface area contributed by atoms with Crippen LogP contribution in [-0.4, -0.2) is 47.7 Å². The van der Waals surface area contributed by atoms with E-state index < -0.39 is 0 Å². The van der Waals surface area contributed by atoms with E-state index in [9.17, 15) is 4.79 Å². The second-order valence-electron chi connectivity index (χ2n) is 7.76. The van der Waals surface area contributed by atoms with Crippen LogP contribution in [0, 0.1) is 19.8 Å². The highest BCUT2D eigenvalue weighted by Crippen LogP contribution is 2.25. The summed E-state index contributed by atoms with van der Waals surface area (Å²) in [5.74, 6) is 1.42. The lowest BCUT2D eigenvalue weighted by Gasteiger charge is -2.32. The molecule has 6 nitrogen and oxygen atoms in total. The minimum atomic E-state index is -0.167. The number of aromatic nitrogens is 2. The van der Waals surface area contributed by atoms with Crippen molar-refractivity contribution >= 4 is 11.9 Å². The molecule has 1 atom stereocenters. The highest BCUT2D eigenvalue weighted by atomic mass is 16.5. The summed E-state index contributed by atoms with van der Waals surface area (Å²) in [6, 6.07) is 2.00. The van der Waals surface area contributed by atoms with Gasteiger partial charge in [-0.15, -0.1) is 0 Å². The van der Waals surface area contributed by atoms with Crippen LogP contribution in [0.3, 0.4) is 0 Å². The number of carbonyl (C=O) groups is 1. The van der Waals surface area contributed by atoms with E-state index in [4.69, 9.17) is 4.74 Å². The maximum Gasteiger partial charge on any atom is 0.225 e. The van der Waals surface area contributed by atoms with E-state index in [1.807, 2.05) is 19.9 Å². The number of hydrogen-bond donors (Lipinski definition) is 1. The maximum atomic E-state index is 12.2. The number of nitrogens with zero attached hydrogens (tertiary/aromatic N) is 3. The molecule has 138 valence electrons. The fourth-order valence-corrected chi connectivity index (χ4v) is 3.78. The van der Waals surface area contributed by atoms with Crippen LogP contribution < -0.4 is 10.2 Å². The number of ether oxygens (including phenoxy) is 1. The second kappa shape index (κ2) is 7.68. The number of aryl methyl sites for hydroxylation is 2. The van der Waals surface area contributed by atoms with Crippen LogP contribution >= 0.6 is 0 Å². The van der Waals surface area contributed by atoms with Crippen LogP contribution in [0.4, 0.5) is 5.95 Å². The molecule has 6 heteroatoms. The number of anilines is 1. The van der Waals surface area contributed by atoms with Gasteiger partial charge in [-0.25, -0.2) is 9.97 Å². The lowest BCUT2D eigenvalue weighted by Crippen LogP contribution is -2.41. The lowest BCUT2D eigenvalue weighted by molar-refractivity contribution is -0.123. The van der Waals surface area contributed by atoms with E-state index in [1.165, 1.54) is 0 Å². The van der Waals surface area contributed by atoms with Gasteiger partial charge in [0.1, 0.15) is 0 Å². The third-order valence-corrected chi connectivity index (χ3v) is 5.30. The Morgan fingerprint density at radius 3 is 2.60 bits per heavy atom. The van der Waals surface area contributed by atoms with Crippen LogP contribution in [0.15, 0.2) is 6.07 Å². The zero-order valence-corrected chi connectivity index (χ0v) is 15.7. The molecule has 3 rings (SSSR count). The highest BCUT2D eigenvalue weighted by molar-refractivity contribution is 5.76. The summed E-state index contributed by atoms with van der Waals surface area (Å²) in [5, 5.41) is 3.07. The van der Waals surface area contributed by atoms with Crippen LogP contribution in [0.2, 0.25) is 0 Å². The largest absolute Gasteiger partial charge is 0.373 e. The van der Waals surface area contributed by atoms with Crippen LogP contribution in [-0.2, 0) is 9.53 Å². The first-order chi connectivity index (χ1) is 11.9. The van der Waals surface area contributed by atoms with Gasteiger partial charge in [0.05, 0.1) is 5.60 Å². The lowest BCUT2D eigenvalue weighted by atomic mass is 9.93. The standard InChI is InChI=1S/C19H30N4O2/c1-14-11-15(2)22-18(21-14)23-8-5-16(6-9-23)12-17(24)20-13-19(3)7-4-10-25-19/h11,16H,4-10,12-13H2,1-3H3,(H,20,24)/t19-/m0/s1. The summed E-state index contributed by atoms with van der Waals surface area (Å²) in [5.41, 5.74) is 1.85. The number of amides is 1. The number of rotatable bonds is 5. The molecule has 25 heavy (non-hydrogen) atoms. The summed E-state index contributed by atoms with van der Waals surface area (Å²) in [6.45, 7) is 9.37. The van der Waals surface area contributed by atoms with Crippen molar-refractivity contribution in [2.24, 2.45) is 5.92 Å². The molecular weight excluding hydrogens is 316 g/mol. The zero-order valence-electron chi connectivity index (χ0n) is 15.7. The van der Waals surface area contributed by atoms with Crippen molar-refractivity contribution in [1.82, 2.24) is 15.3 Å². The van der Waals surface area contributed by atoms with Gasteiger partial charge in [0.25, 0.3) is 0 Å². The second-order valence-corrected chi connectivity index (χ2v) is 7.76. The predicted octanol–water partition coefficient (Wildman–Crippen LogP) is 2.39. The quantitative estimate of drug-likeness (QED) is 0.887. The number of nitrogens with one attached hydrogen (secondary N) is 1. The number of carbonyl (C=O) groups excluding carboxylic acids is 1. The molecule has 2 fully saturated rings. The molecule has 2 aliphatic heterocycles. The van der Waals surface area contributed by atoms with E-state index in [2.05, 4.69) is 27.1 Å². The fourth-order valence-electron chi connectivity index (χ4n) is 3.78. The average Bonchev–Trinajstić information content (AvgIpc) is 3.00. The molecule has 0 spiro atoms. The topological polar surface area (TPSA) is 67.4 Å². The molecule has 3 heterocycles. The first-order valence-corrected chi connectivity index (χ1v) is 9.41. The molecular formula is C19H30N4O2. The molecule has 0 unspecified atom stereocenters. The minimum Gasteiger partial charge on any atom is -0.373 e. The van der Waals surface area contributed by atoms with Gasteiger partial charge < -0.3 is 15.0 Å². The highest BCUT2D eigenvalue weighted by Gasteiger charge is 2.30. The number of piperidine rings is 1. The molecule has 1 aromatic rings. The Morgan fingerprint density at radius 1 is 1.32 bits per heavy atom. The minimum absolute atomic E-state index is 0.151. The van der Waals surface area contributed by atoms with E-state index in [1.54, 1.807) is 0 Å². The van der Waals surface area contributed by atoms with Gasteiger partial charge in [-0.2, -0.15) is 0 Å². The van der Waals surface area contributed by atoms with Gasteiger partial charge in [-0.3, -0.25) is 4.79 Å². The summed E-state index contributed by atoms with van der Waals surface area (Å²) < 4.78 is 5.73. The molecule has 1 N–H and O–H groups in total. The summed E-state index contributed by atoms with van der Waals surface area (Å²) in [7, 11) is 0. The summed E-state index contributed by atoms with van der Waals surface area (Å²) in [4.78, 5) is 23.6. The van der Waals surface area contributed by atoms with Crippen molar-refractivity contribution in [1.29, 1.82) is 0 Å². The van der Waals surface area contributed by atoms with E-state index in [0.29, 0.717) is 18.9 Å². The van der Waals surface area contributed by atoms with Gasteiger partial charge in [0.2, 0.25) is 11.9 Å². The summed E-state index contributed by atoms with van der Waals surface area (Å²) in [6.07, 6.45) is 4.75. The molecule has 0 radical (unpaired) electrons. The van der Waals surface area contributed by atoms with E-state index in [-0.39, 0.29) is 11.5 Å². The Labute approximate surface area is 150 Å². The molecule has 1 amide bonds. The molecule has 0 bridgehead atoms. The van der Waals surface area contributed by atoms with Crippen molar-refractivity contribution in [3.05, 3.63) is 17.5 Å². The Hall–Kier alpha value is -1.69. The van der Waals surface area contributed by atoms with Gasteiger partial charge in [-0.1, -0.05) is 0 Å². The molecule has 0 saturated carbocycles.